The first-order chi connectivity index (χ1) is 9.76. The Balaban J connectivity index is 2.25. The van der Waals surface area contributed by atoms with Crippen LogP contribution in [0, 0.1) is 6.92 Å². The van der Waals surface area contributed by atoms with Gasteiger partial charge in [-0.25, -0.2) is 8.42 Å². The van der Waals surface area contributed by atoms with Crippen molar-refractivity contribution in [2.45, 2.75) is 6.92 Å². The maximum atomic E-state index is 12.3. The molecule has 0 aromatic heterocycles. The highest BCUT2D eigenvalue weighted by atomic mass is 35.5. The largest absolute Gasteiger partial charge is 0.289 e. The number of sulfonamides is 1. The molecule has 0 heterocycles. The number of nitrogens with one attached hydrogen (secondary N) is 1. The van der Waals surface area contributed by atoms with E-state index in [1.54, 1.807) is 42.5 Å². The topological polar surface area (TPSA) is 63.2 Å². The van der Waals surface area contributed by atoms with Gasteiger partial charge in [0.2, 0.25) is 10.0 Å². The van der Waals surface area contributed by atoms with E-state index in [1.165, 1.54) is 0 Å². The third-order valence-corrected chi connectivity index (χ3v) is 3.90. The van der Waals surface area contributed by atoms with E-state index in [4.69, 9.17) is 11.6 Å². The Bertz CT molecular complexity index is 783. The molecule has 0 saturated heterocycles. The molecule has 0 atom stereocenters. The molecule has 4 nitrogen and oxygen atoms in total. The number of carbonyl (C=O) groups excluding carboxylic acids is 1. The number of hydrogen-bond acceptors (Lipinski definition) is 3. The molecule has 2 aromatic rings. The predicted octanol–water partition coefficient (Wildman–Crippen LogP) is 3.25. The van der Waals surface area contributed by atoms with Crippen LogP contribution in [0.15, 0.2) is 42.5 Å². The van der Waals surface area contributed by atoms with Gasteiger partial charge in [-0.1, -0.05) is 11.6 Å². The number of rotatable bonds is 4. The quantitative estimate of drug-likeness (QED) is 0.878. The second kappa shape index (κ2) is 5.87. The van der Waals surface area contributed by atoms with Gasteiger partial charge in [-0.3, -0.25) is 9.52 Å². The van der Waals surface area contributed by atoms with Crippen molar-refractivity contribution in [3.63, 3.8) is 0 Å². The van der Waals surface area contributed by atoms with E-state index in [2.05, 4.69) is 4.72 Å². The van der Waals surface area contributed by atoms with Crippen LogP contribution in [-0.4, -0.2) is 20.5 Å². The van der Waals surface area contributed by atoms with Gasteiger partial charge in [-0.15, -0.1) is 0 Å². The Morgan fingerprint density at radius 1 is 1.05 bits per heavy atom. The van der Waals surface area contributed by atoms with Gasteiger partial charge in [0.15, 0.2) is 5.78 Å². The van der Waals surface area contributed by atoms with Gasteiger partial charge >= 0.3 is 0 Å². The first-order valence-corrected chi connectivity index (χ1v) is 8.42. The molecule has 110 valence electrons. The number of halogens is 1. The summed E-state index contributed by atoms with van der Waals surface area (Å²) in [4.78, 5) is 12.3. The lowest BCUT2D eigenvalue weighted by atomic mass is 10.0. The fourth-order valence-electron chi connectivity index (χ4n) is 1.86. The molecule has 0 saturated carbocycles. The van der Waals surface area contributed by atoms with Crippen molar-refractivity contribution in [1.82, 2.24) is 0 Å². The highest BCUT2D eigenvalue weighted by Crippen LogP contribution is 2.19. The molecule has 0 radical (unpaired) electrons. The smallest absolute Gasteiger partial charge is 0.229 e. The van der Waals surface area contributed by atoms with Crippen molar-refractivity contribution in [2.75, 3.05) is 11.0 Å². The minimum atomic E-state index is -3.32. The van der Waals surface area contributed by atoms with Crippen molar-refractivity contribution in [2.24, 2.45) is 0 Å². The number of ketones is 1. The normalized spacial score (nSPS) is 11.2. The summed E-state index contributed by atoms with van der Waals surface area (Å²) in [5, 5.41) is 0.610. The van der Waals surface area contributed by atoms with E-state index in [0.717, 1.165) is 11.8 Å². The number of benzene rings is 2. The Kier molecular flexibility index (Phi) is 4.34. The van der Waals surface area contributed by atoms with Gasteiger partial charge in [-0.2, -0.15) is 0 Å². The van der Waals surface area contributed by atoms with Crippen LogP contribution in [0.1, 0.15) is 21.5 Å². The summed E-state index contributed by atoms with van der Waals surface area (Å²) in [7, 11) is -3.32. The molecule has 0 unspecified atom stereocenters. The maximum Gasteiger partial charge on any atom is 0.229 e. The van der Waals surface area contributed by atoms with Gasteiger partial charge in [0.05, 0.1) is 6.26 Å². The molecule has 2 rings (SSSR count). The number of aryl methyl sites for hydroxylation is 1. The molecular weight excluding hydrogens is 310 g/mol. The zero-order valence-electron chi connectivity index (χ0n) is 11.6. The van der Waals surface area contributed by atoms with Gasteiger partial charge in [0.1, 0.15) is 0 Å². The summed E-state index contributed by atoms with van der Waals surface area (Å²) in [6, 6.07) is 11.4. The van der Waals surface area contributed by atoms with E-state index < -0.39 is 10.0 Å². The van der Waals surface area contributed by atoms with E-state index in [9.17, 15) is 13.2 Å². The third-order valence-electron chi connectivity index (χ3n) is 2.87. The van der Waals surface area contributed by atoms with Gasteiger partial charge < -0.3 is 0 Å². The molecule has 2 aromatic carbocycles. The fourth-order valence-corrected chi connectivity index (χ4v) is 2.54. The Morgan fingerprint density at radius 3 is 2.14 bits per heavy atom. The Morgan fingerprint density at radius 2 is 1.62 bits per heavy atom. The maximum absolute atomic E-state index is 12.3. The number of hydrogen-bond donors (Lipinski definition) is 1. The monoisotopic (exact) mass is 323 g/mol. The van der Waals surface area contributed by atoms with Gasteiger partial charge in [-0.05, 0) is 55.0 Å². The van der Waals surface area contributed by atoms with Crippen LogP contribution in [0.5, 0.6) is 0 Å². The average Bonchev–Trinajstić information content (AvgIpc) is 2.40. The molecular formula is C15H14ClNO3S. The molecule has 0 aliphatic rings. The van der Waals surface area contributed by atoms with Crippen LogP contribution < -0.4 is 4.72 Å². The molecule has 0 aliphatic heterocycles. The van der Waals surface area contributed by atoms with E-state index in [0.29, 0.717) is 21.8 Å². The minimum Gasteiger partial charge on any atom is -0.289 e. The lowest BCUT2D eigenvalue weighted by Crippen LogP contribution is -2.09. The summed E-state index contributed by atoms with van der Waals surface area (Å²) in [6.07, 6.45) is 1.07. The summed E-state index contributed by atoms with van der Waals surface area (Å²) in [5.74, 6) is -0.138. The van der Waals surface area contributed by atoms with Crippen LogP contribution in [0.4, 0.5) is 5.69 Å². The molecule has 0 spiro atoms. The molecule has 1 N–H and O–H groups in total. The highest BCUT2D eigenvalue weighted by Gasteiger charge is 2.10. The van der Waals surface area contributed by atoms with Crippen molar-refractivity contribution < 1.29 is 13.2 Å². The second-order valence-corrected chi connectivity index (χ2v) is 6.90. The number of anilines is 1. The van der Waals surface area contributed by atoms with E-state index in [-0.39, 0.29) is 5.78 Å². The lowest BCUT2D eigenvalue weighted by molar-refractivity contribution is 0.103. The molecule has 21 heavy (non-hydrogen) atoms. The summed E-state index contributed by atoms with van der Waals surface area (Å²) in [5.41, 5.74) is 2.27. The number of carbonyl (C=O) groups is 1. The zero-order chi connectivity index (χ0) is 15.6. The second-order valence-electron chi connectivity index (χ2n) is 4.74. The molecule has 6 heteroatoms. The summed E-state index contributed by atoms with van der Waals surface area (Å²) in [6.45, 7) is 1.83. The first-order valence-electron chi connectivity index (χ1n) is 6.15. The highest BCUT2D eigenvalue weighted by molar-refractivity contribution is 7.92. The van der Waals surface area contributed by atoms with Crippen LogP contribution in [0.3, 0.4) is 0 Å². The van der Waals surface area contributed by atoms with Crippen LogP contribution in [-0.2, 0) is 10.0 Å². The fraction of sp³-hybridized carbons (Fsp3) is 0.133. The van der Waals surface area contributed by atoms with Gasteiger partial charge in [0, 0.05) is 21.8 Å². The predicted molar refractivity (Wildman–Crippen MR) is 84.5 cm³/mol. The van der Waals surface area contributed by atoms with Crippen LogP contribution >= 0.6 is 11.6 Å². The average molecular weight is 324 g/mol. The lowest BCUT2D eigenvalue weighted by Gasteiger charge is -2.06. The minimum absolute atomic E-state index is 0.138. The van der Waals surface area contributed by atoms with Crippen molar-refractivity contribution >= 4 is 33.1 Å². The third kappa shape index (κ3) is 4.06. The van der Waals surface area contributed by atoms with Crippen molar-refractivity contribution in [3.05, 3.63) is 64.2 Å². The summed E-state index contributed by atoms with van der Waals surface area (Å²) < 4.78 is 24.6. The molecule has 0 aliphatic carbocycles. The van der Waals surface area contributed by atoms with Gasteiger partial charge in [0.25, 0.3) is 0 Å². The summed E-state index contributed by atoms with van der Waals surface area (Å²) >= 11 is 5.94. The van der Waals surface area contributed by atoms with Crippen molar-refractivity contribution in [1.29, 1.82) is 0 Å². The SMILES string of the molecule is Cc1cc(C(=O)c2ccc(NS(C)(=O)=O)cc2)ccc1Cl. The molecule has 0 amide bonds. The van der Waals surface area contributed by atoms with E-state index >= 15 is 0 Å². The van der Waals surface area contributed by atoms with Crippen LogP contribution in [0.2, 0.25) is 5.02 Å². The van der Waals surface area contributed by atoms with Crippen molar-refractivity contribution in [3.8, 4) is 0 Å². The van der Waals surface area contributed by atoms with Crippen LogP contribution in [0.25, 0.3) is 0 Å². The Hall–Kier alpha value is -1.85. The Labute approximate surface area is 128 Å². The first kappa shape index (κ1) is 15.5. The zero-order valence-corrected chi connectivity index (χ0v) is 13.1. The standard InChI is InChI=1S/C15H14ClNO3S/c1-10-9-12(5-8-14(10)16)15(18)11-3-6-13(7-4-11)17-21(2,19)20/h3-9,17H,1-2H3. The molecule has 0 fully saturated rings. The van der Waals surface area contributed by atoms with E-state index in [1.807, 2.05) is 6.92 Å². The molecule has 0 bridgehead atoms.